The van der Waals surface area contributed by atoms with Crippen LogP contribution in [-0.2, 0) is 6.42 Å². The van der Waals surface area contributed by atoms with Crippen LogP contribution in [0.15, 0.2) is 22.7 Å². The van der Waals surface area contributed by atoms with Gasteiger partial charge in [-0.15, -0.1) is 0 Å². The summed E-state index contributed by atoms with van der Waals surface area (Å²) in [6, 6.07) is 5.01. The molecule has 1 aliphatic carbocycles. The fourth-order valence-electron chi connectivity index (χ4n) is 2.61. The Labute approximate surface area is 117 Å². The van der Waals surface area contributed by atoms with Crippen LogP contribution in [0.5, 0.6) is 0 Å². The van der Waals surface area contributed by atoms with Crippen LogP contribution in [0, 0.1) is 11.2 Å². The lowest BCUT2D eigenvalue weighted by atomic mass is 9.69. The Kier molecular flexibility index (Phi) is 3.84. The summed E-state index contributed by atoms with van der Waals surface area (Å²) in [5.74, 6) is -0.257. The molecule has 1 aromatic carbocycles. The van der Waals surface area contributed by atoms with E-state index < -0.39 is 5.60 Å². The quantitative estimate of drug-likeness (QED) is 0.854. The van der Waals surface area contributed by atoms with Crippen molar-refractivity contribution in [2.45, 2.75) is 51.6 Å². The van der Waals surface area contributed by atoms with E-state index in [1.54, 1.807) is 6.07 Å². The molecule has 1 nitrogen and oxygen atoms in total. The molecule has 2 rings (SSSR count). The van der Waals surface area contributed by atoms with Gasteiger partial charge in [-0.05, 0) is 58.7 Å². The molecule has 18 heavy (non-hydrogen) atoms. The monoisotopic (exact) mass is 314 g/mol. The van der Waals surface area contributed by atoms with Gasteiger partial charge in [-0.3, -0.25) is 0 Å². The maximum Gasteiger partial charge on any atom is 0.137 e. The first-order chi connectivity index (χ1) is 8.31. The summed E-state index contributed by atoms with van der Waals surface area (Å²) in [5, 5.41) is 10.6. The van der Waals surface area contributed by atoms with Crippen molar-refractivity contribution in [2.24, 2.45) is 5.41 Å². The molecule has 0 amide bonds. The number of hydrogen-bond donors (Lipinski definition) is 1. The molecular formula is C15H20BrFO. The average Bonchev–Trinajstić information content (AvgIpc) is 2.30. The van der Waals surface area contributed by atoms with Crippen molar-refractivity contribution in [2.75, 3.05) is 0 Å². The lowest BCUT2D eigenvalue weighted by Crippen LogP contribution is -2.38. The largest absolute Gasteiger partial charge is 0.390 e. The van der Waals surface area contributed by atoms with Gasteiger partial charge >= 0.3 is 0 Å². The van der Waals surface area contributed by atoms with Crippen LogP contribution in [0.2, 0.25) is 0 Å². The summed E-state index contributed by atoms with van der Waals surface area (Å²) in [7, 11) is 0. The van der Waals surface area contributed by atoms with E-state index in [1.807, 2.05) is 6.07 Å². The topological polar surface area (TPSA) is 20.2 Å². The van der Waals surface area contributed by atoms with Crippen molar-refractivity contribution in [1.82, 2.24) is 0 Å². The zero-order valence-electron chi connectivity index (χ0n) is 11.0. The Hall–Kier alpha value is -0.410. The van der Waals surface area contributed by atoms with Crippen LogP contribution < -0.4 is 0 Å². The number of halogens is 2. The van der Waals surface area contributed by atoms with Gasteiger partial charge in [-0.2, -0.15) is 0 Å². The summed E-state index contributed by atoms with van der Waals surface area (Å²) in [6.07, 6.45) is 4.17. The van der Waals surface area contributed by atoms with Crippen molar-refractivity contribution < 1.29 is 9.50 Å². The minimum atomic E-state index is -0.675. The van der Waals surface area contributed by atoms with E-state index in [-0.39, 0.29) is 5.82 Å². The smallest absolute Gasteiger partial charge is 0.137 e. The standard InChI is InChI=1S/C15H20BrFO/c1-14(2)6-8-15(18,9-7-14)10-11-4-3-5-12(17)13(11)16/h3-5,18H,6-10H2,1-2H3. The maximum atomic E-state index is 13.5. The Morgan fingerprint density at radius 2 is 1.83 bits per heavy atom. The molecule has 0 atom stereocenters. The molecule has 0 aliphatic heterocycles. The maximum absolute atomic E-state index is 13.5. The molecule has 0 unspecified atom stereocenters. The third kappa shape index (κ3) is 3.12. The van der Waals surface area contributed by atoms with Gasteiger partial charge in [0.25, 0.3) is 0 Å². The predicted molar refractivity (Wildman–Crippen MR) is 75.0 cm³/mol. The fourth-order valence-corrected chi connectivity index (χ4v) is 3.01. The van der Waals surface area contributed by atoms with Crippen LogP contribution >= 0.6 is 15.9 Å². The molecule has 0 aromatic heterocycles. The molecule has 3 heteroatoms. The molecule has 0 saturated heterocycles. The van der Waals surface area contributed by atoms with E-state index in [9.17, 15) is 9.50 Å². The number of benzene rings is 1. The first-order valence-corrected chi connectivity index (χ1v) is 7.26. The van der Waals surface area contributed by atoms with E-state index >= 15 is 0 Å². The van der Waals surface area contributed by atoms with Crippen molar-refractivity contribution in [3.8, 4) is 0 Å². The Balaban J connectivity index is 2.12. The number of rotatable bonds is 2. The predicted octanol–water partition coefficient (Wildman–Crippen LogP) is 4.46. The highest BCUT2D eigenvalue weighted by molar-refractivity contribution is 9.10. The first-order valence-electron chi connectivity index (χ1n) is 6.47. The zero-order valence-corrected chi connectivity index (χ0v) is 12.6. The second kappa shape index (κ2) is 4.93. The highest BCUT2D eigenvalue weighted by atomic mass is 79.9. The highest BCUT2D eigenvalue weighted by Gasteiger charge is 2.37. The van der Waals surface area contributed by atoms with Gasteiger partial charge in [0.1, 0.15) is 5.82 Å². The fraction of sp³-hybridized carbons (Fsp3) is 0.600. The molecular weight excluding hydrogens is 295 g/mol. The van der Waals surface area contributed by atoms with Gasteiger partial charge in [-0.25, -0.2) is 4.39 Å². The lowest BCUT2D eigenvalue weighted by Gasteiger charge is -2.40. The van der Waals surface area contributed by atoms with Gasteiger partial charge in [0.2, 0.25) is 0 Å². The summed E-state index contributed by atoms with van der Waals surface area (Å²) in [6.45, 7) is 4.48. The number of aliphatic hydroxyl groups is 1. The molecule has 1 fully saturated rings. The van der Waals surface area contributed by atoms with Gasteiger partial charge in [0.15, 0.2) is 0 Å². The van der Waals surface area contributed by atoms with Crippen molar-refractivity contribution in [1.29, 1.82) is 0 Å². The summed E-state index contributed by atoms with van der Waals surface area (Å²) < 4.78 is 13.9. The molecule has 1 aromatic rings. The summed E-state index contributed by atoms with van der Waals surface area (Å²) in [5.41, 5.74) is 0.509. The average molecular weight is 315 g/mol. The van der Waals surface area contributed by atoms with Crippen LogP contribution in [-0.4, -0.2) is 10.7 Å². The molecule has 0 radical (unpaired) electrons. The van der Waals surface area contributed by atoms with Gasteiger partial charge < -0.3 is 5.11 Å². The lowest BCUT2D eigenvalue weighted by molar-refractivity contribution is -0.0252. The Morgan fingerprint density at radius 1 is 1.22 bits per heavy atom. The molecule has 0 bridgehead atoms. The second-order valence-corrected chi connectivity index (χ2v) is 7.07. The second-order valence-electron chi connectivity index (χ2n) is 6.28. The Bertz CT molecular complexity index is 432. The van der Waals surface area contributed by atoms with Crippen molar-refractivity contribution in [3.05, 3.63) is 34.1 Å². The van der Waals surface area contributed by atoms with E-state index in [0.29, 0.717) is 16.3 Å². The van der Waals surface area contributed by atoms with E-state index in [0.717, 1.165) is 31.2 Å². The zero-order chi connectivity index (χ0) is 13.4. The molecule has 1 aliphatic rings. The number of hydrogen-bond acceptors (Lipinski definition) is 1. The molecule has 0 spiro atoms. The van der Waals surface area contributed by atoms with Crippen LogP contribution in [0.25, 0.3) is 0 Å². The third-order valence-corrected chi connectivity index (χ3v) is 4.97. The van der Waals surface area contributed by atoms with E-state index in [2.05, 4.69) is 29.8 Å². The minimum absolute atomic E-state index is 0.257. The van der Waals surface area contributed by atoms with E-state index in [4.69, 9.17) is 0 Å². The Morgan fingerprint density at radius 3 is 2.44 bits per heavy atom. The summed E-state index contributed by atoms with van der Waals surface area (Å²) in [4.78, 5) is 0. The normalized spacial score (nSPS) is 21.8. The van der Waals surface area contributed by atoms with Crippen molar-refractivity contribution >= 4 is 15.9 Å². The van der Waals surface area contributed by atoms with Gasteiger partial charge in [0, 0.05) is 6.42 Å². The highest BCUT2D eigenvalue weighted by Crippen LogP contribution is 2.42. The van der Waals surface area contributed by atoms with Crippen LogP contribution in [0.4, 0.5) is 4.39 Å². The molecule has 0 heterocycles. The van der Waals surface area contributed by atoms with Crippen LogP contribution in [0.3, 0.4) is 0 Å². The third-order valence-electron chi connectivity index (χ3n) is 4.09. The molecule has 1 saturated carbocycles. The van der Waals surface area contributed by atoms with Crippen molar-refractivity contribution in [3.63, 3.8) is 0 Å². The molecule has 100 valence electrons. The minimum Gasteiger partial charge on any atom is -0.390 e. The van der Waals surface area contributed by atoms with Crippen LogP contribution in [0.1, 0.15) is 45.1 Å². The van der Waals surface area contributed by atoms with Gasteiger partial charge in [0.05, 0.1) is 10.1 Å². The van der Waals surface area contributed by atoms with Gasteiger partial charge in [-0.1, -0.05) is 26.0 Å². The molecule has 1 N–H and O–H groups in total. The summed E-state index contributed by atoms with van der Waals surface area (Å²) >= 11 is 3.27. The van der Waals surface area contributed by atoms with E-state index in [1.165, 1.54) is 6.07 Å². The SMILES string of the molecule is CC1(C)CCC(O)(Cc2cccc(F)c2Br)CC1. The first kappa shape index (κ1) is 14.0.